The predicted molar refractivity (Wildman–Crippen MR) is 117 cm³/mol. The zero-order chi connectivity index (χ0) is 23.0. The van der Waals surface area contributed by atoms with Crippen LogP contribution in [0.4, 0.5) is 0 Å². The van der Waals surface area contributed by atoms with E-state index in [1.54, 1.807) is 38.1 Å². The van der Waals surface area contributed by atoms with Crippen LogP contribution in [0.15, 0.2) is 54.6 Å². The minimum absolute atomic E-state index is 0. The van der Waals surface area contributed by atoms with Gasteiger partial charge in [0, 0.05) is 37.1 Å². The summed E-state index contributed by atoms with van der Waals surface area (Å²) in [6, 6.07) is 14.5. The summed E-state index contributed by atoms with van der Waals surface area (Å²) in [5.74, 6) is -3.12. The number of carboxylic acids is 2. The molecule has 3 atom stereocenters. The van der Waals surface area contributed by atoms with Gasteiger partial charge in [-0.25, -0.2) is 16.9 Å². The number of carboxylic acid groups (broad SMARTS) is 2. The number of hydrogen-bond acceptors (Lipinski definition) is 6. The Labute approximate surface area is 203 Å². The molecule has 3 rings (SSSR count). The molecule has 2 aromatic rings. The smallest absolute Gasteiger partial charge is 0.328 e. The van der Waals surface area contributed by atoms with Gasteiger partial charge in [0.1, 0.15) is 11.8 Å². The summed E-state index contributed by atoms with van der Waals surface area (Å²) in [4.78, 5) is 46.9. The molecular weight excluding hydrogens is 521 g/mol. The summed E-state index contributed by atoms with van der Waals surface area (Å²) in [6.07, 6.45) is -0.173. The molecular formula is C22H26N2O6RuS-6. The van der Waals surface area contributed by atoms with Gasteiger partial charge in [-0.05, 0) is 13.8 Å². The van der Waals surface area contributed by atoms with E-state index in [1.165, 1.54) is 0 Å². The molecule has 32 heavy (non-hydrogen) atoms. The Morgan fingerprint density at radius 2 is 1.59 bits per heavy atom. The Bertz CT molecular complexity index is 865. The first-order valence-corrected chi connectivity index (χ1v) is 10.6. The Morgan fingerprint density at radius 3 is 2.03 bits per heavy atom. The maximum atomic E-state index is 12.1. The van der Waals surface area contributed by atoms with Crippen molar-refractivity contribution in [2.24, 2.45) is 0 Å². The maximum Gasteiger partial charge on any atom is 0.328 e. The topological polar surface area (TPSA) is 133 Å². The second-order valence-corrected chi connectivity index (χ2v) is 9.32. The van der Waals surface area contributed by atoms with Gasteiger partial charge in [0.05, 0.1) is 5.37 Å². The second kappa shape index (κ2) is 12.7. The molecule has 0 spiro atoms. The number of Topliss-reactive ketones (excluding diaryl/α,β-unsaturated/α-hetero) is 1. The van der Waals surface area contributed by atoms with Gasteiger partial charge in [0.15, 0.2) is 6.04 Å². The molecule has 0 aliphatic carbocycles. The van der Waals surface area contributed by atoms with Crippen molar-refractivity contribution in [3.05, 3.63) is 60.2 Å². The molecule has 180 valence electrons. The Balaban J connectivity index is 0.000000750. The molecule has 0 unspecified atom stereocenters. The van der Waals surface area contributed by atoms with E-state index in [-0.39, 0.29) is 38.1 Å². The molecule has 10 heteroatoms. The summed E-state index contributed by atoms with van der Waals surface area (Å²) in [6.45, 7) is 3.39. The van der Waals surface area contributed by atoms with Gasteiger partial charge in [-0.1, -0.05) is 5.56 Å². The molecule has 0 radical (unpaired) electrons. The third-order valence-corrected chi connectivity index (χ3v) is 6.21. The van der Waals surface area contributed by atoms with Gasteiger partial charge in [0.25, 0.3) is 0 Å². The number of nitrogens with one attached hydrogen (secondary N) is 2. The first-order valence-electron chi connectivity index (χ1n) is 9.72. The summed E-state index contributed by atoms with van der Waals surface area (Å²) in [5, 5.41) is 23.0. The zero-order valence-corrected chi connectivity index (χ0v) is 20.2. The average molecular weight is 548 g/mol. The van der Waals surface area contributed by atoms with Crippen LogP contribution in [0.3, 0.4) is 0 Å². The summed E-state index contributed by atoms with van der Waals surface area (Å²) in [5.41, 5.74) is 0.506. The number of amides is 1. The summed E-state index contributed by atoms with van der Waals surface area (Å²) >= 11 is 1.15. The fraction of sp³-hybridized carbons (Fsp3) is 0.364. The number of rotatable bonds is 8. The number of aliphatic carboxylic acids is 2. The molecule has 8 nitrogen and oxygen atoms in total. The van der Waals surface area contributed by atoms with Crippen molar-refractivity contribution in [1.29, 1.82) is 0 Å². The van der Waals surface area contributed by atoms with E-state index in [2.05, 4.69) is 10.6 Å². The molecule has 1 aliphatic heterocycles. The maximum absolute atomic E-state index is 12.1. The molecule has 1 amide bonds. The minimum Gasteiger partial charge on any atom is -0.748 e. The number of carbonyl (C=O) groups excluding carboxylic acids is 2. The van der Waals surface area contributed by atoms with Crippen LogP contribution in [0, 0.1) is 0 Å². The Hall–Kier alpha value is -2.29. The largest absolute Gasteiger partial charge is 0.748 e. The number of hydrogen-bond donors (Lipinski definition) is 4. The Kier molecular flexibility index (Phi) is 11.0. The van der Waals surface area contributed by atoms with Crippen molar-refractivity contribution >= 4 is 35.4 Å². The average Bonchev–Trinajstić information content (AvgIpc) is 3.45. The van der Waals surface area contributed by atoms with Crippen LogP contribution in [0.2, 0.25) is 0 Å². The van der Waals surface area contributed by atoms with Crippen LogP contribution in [-0.2, 0) is 33.9 Å². The first-order chi connectivity index (χ1) is 14.6. The van der Waals surface area contributed by atoms with Crippen molar-refractivity contribution in [3.63, 3.8) is 0 Å². The predicted octanol–water partition coefficient (Wildman–Crippen LogP) is 2.24. The van der Waals surface area contributed by atoms with E-state index < -0.39 is 40.1 Å². The van der Waals surface area contributed by atoms with E-state index in [9.17, 15) is 29.4 Å². The molecule has 1 saturated heterocycles. The van der Waals surface area contributed by atoms with Crippen LogP contribution in [-0.4, -0.2) is 56.0 Å². The van der Waals surface area contributed by atoms with Crippen molar-refractivity contribution in [1.82, 2.24) is 10.6 Å². The SMILES string of the molecule is CC1(C)S[C@H]([C@H](NC(=O)CCC(=O)[c-]2cccc2)C(=O)O)N[C@H]1C(=O)O.[Ru].[cH-]1[cH-][cH-][cH-][cH-]1. The van der Waals surface area contributed by atoms with Crippen molar-refractivity contribution in [2.75, 3.05) is 0 Å². The van der Waals surface area contributed by atoms with Crippen LogP contribution in [0.25, 0.3) is 0 Å². The third-order valence-electron chi connectivity index (χ3n) is 4.71. The van der Waals surface area contributed by atoms with Gasteiger partial charge >= 0.3 is 11.9 Å². The van der Waals surface area contributed by atoms with Crippen LogP contribution < -0.4 is 10.6 Å². The number of thioether (sulfide) groups is 1. The minimum atomic E-state index is -1.30. The fourth-order valence-electron chi connectivity index (χ4n) is 3.09. The van der Waals surface area contributed by atoms with E-state index in [4.69, 9.17) is 0 Å². The van der Waals surface area contributed by atoms with Crippen LogP contribution >= 0.6 is 11.8 Å². The molecule has 0 saturated carbocycles. The molecule has 2 aromatic carbocycles. The number of carbonyl (C=O) groups is 4. The summed E-state index contributed by atoms with van der Waals surface area (Å²) in [7, 11) is 0. The van der Waals surface area contributed by atoms with Crippen molar-refractivity contribution in [3.8, 4) is 0 Å². The van der Waals surface area contributed by atoms with Gasteiger partial charge in [-0.3, -0.25) is 14.9 Å². The normalized spacial score (nSPS) is 19.6. The molecule has 4 N–H and O–H groups in total. The molecule has 1 fully saturated rings. The molecule has 0 bridgehead atoms. The molecule has 1 heterocycles. The van der Waals surface area contributed by atoms with Gasteiger partial charge < -0.3 is 50.7 Å². The molecule has 1 aliphatic rings. The fourth-order valence-corrected chi connectivity index (χ4v) is 4.58. The molecule has 0 aromatic heterocycles. The van der Waals surface area contributed by atoms with Gasteiger partial charge in [0.2, 0.25) is 5.91 Å². The zero-order valence-electron chi connectivity index (χ0n) is 17.6. The quantitative estimate of drug-likeness (QED) is 0.225. The number of ketones is 1. The first kappa shape index (κ1) is 27.7. The van der Waals surface area contributed by atoms with Crippen LogP contribution in [0.1, 0.15) is 37.0 Å². The summed E-state index contributed by atoms with van der Waals surface area (Å²) < 4.78 is -0.733. The second-order valence-electron chi connectivity index (χ2n) is 7.52. The van der Waals surface area contributed by atoms with E-state index >= 15 is 0 Å². The van der Waals surface area contributed by atoms with E-state index in [0.717, 1.165) is 11.8 Å². The van der Waals surface area contributed by atoms with Crippen molar-refractivity contribution < 1.29 is 48.9 Å². The van der Waals surface area contributed by atoms with Gasteiger partial charge in [-0.15, -0.1) is 11.8 Å². The van der Waals surface area contributed by atoms with E-state index in [1.807, 2.05) is 30.3 Å². The van der Waals surface area contributed by atoms with Gasteiger partial charge in [-0.2, -0.15) is 12.1 Å². The standard InChI is InChI=1S/C17H21N2O6S.C5H5.Ru/c1-17(2)13(16(24)25)19-14(26-17)12(15(22)23)18-11(21)8-7-10(20)9-5-3-4-6-9;1-2-4-5-3-1;/h3-6,12-14,19H,7-8H2,1-2H3,(H,18,21)(H,22,23)(H,24,25);1-5H;/q-1;-5;/t12-,13-,14+;;/m0../s1. The monoisotopic (exact) mass is 548 g/mol. The third kappa shape index (κ3) is 8.00. The van der Waals surface area contributed by atoms with Crippen molar-refractivity contribution in [2.45, 2.75) is 48.9 Å². The van der Waals surface area contributed by atoms with Crippen LogP contribution in [0.5, 0.6) is 0 Å². The Morgan fingerprint density at radius 1 is 1.06 bits per heavy atom. The van der Waals surface area contributed by atoms with E-state index in [0.29, 0.717) is 5.56 Å².